The van der Waals surface area contributed by atoms with Crippen LogP contribution in [0.1, 0.15) is 73.4 Å². The van der Waals surface area contributed by atoms with Crippen molar-refractivity contribution in [1.29, 1.82) is 0 Å². The molecule has 4 aromatic carbocycles. The van der Waals surface area contributed by atoms with Crippen LogP contribution in [0.2, 0.25) is 0 Å². The predicted octanol–water partition coefficient (Wildman–Crippen LogP) is 10.7. The van der Waals surface area contributed by atoms with E-state index >= 15 is 26.3 Å². The Morgan fingerprint density at radius 2 is 0.596 bits per heavy atom. The molecule has 0 spiro atoms. The first-order valence-corrected chi connectivity index (χ1v) is 18.1. The first-order valence-electron chi connectivity index (χ1n) is 16.6. The summed E-state index contributed by atoms with van der Waals surface area (Å²) in [5.41, 5.74) is -8.30. The first-order chi connectivity index (χ1) is 25.4. The van der Waals surface area contributed by atoms with Gasteiger partial charge in [0.25, 0.3) is 0 Å². The SMILES string of the molecule is CC(C)(C)[PH+](C(C)(C)C)C(C)(C)C.Cc1ccc(C#C[B-](c2c(F)c(F)c(F)c(F)c2F)(c2c(F)c(F)c(F)c(F)c2F)c2c(F)c(F)c(F)c(F)c2F)cc1.[Au+]. The van der Waals surface area contributed by atoms with E-state index in [2.05, 4.69) is 62.3 Å². The van der Waals surface area contributed by atoms with Crippen molar-refractivity contribution < 1.29 is 88.2 Å². The molecule has 4 rings (SSSR count). The zero-order valence-corrected chi connectivity index (χ0v) is 35.0. The number of rotatable bonds is 3. The van der Waals surface area contributed by atoms with Gasteiger partial charge in [0.1, 0.15) is 34.9 Å². The molecule has 0 aliphatic heterocycles. The molecule has 0 N–H and O–H groups in total. The van der Waals surface area contributed by atoms with Gasteiger partial charge in [-0.25, -0.2) is 65.9 Å². The van der Waals surface area contributed by atoms with Crippen molar-refractivity contribution in [2.75, 3.05) is 0 Å². The molecule has 0 unspecified atom stereocenters. The van der Waals surface area contributed by atoms with E-state index in [0.717, 1.165) is 12.1 Å². The van der Waals surface area contributed by atoms with Crippen LogP contribution in [-0.4, -0.2) is 21.6 Å². The van der Waals surface area contributed by atoms with Crippen molar-refractivity contribution in [1.82, 2.24) is 0 Å². The van der Waals surface area contributed by atoms with Gasteiger partial charge >= 0.3 is 22.4 Å². The molecule has 0 heterocycles. The maximum absolute atomic E-state index is 15.3. The summed E-state index contributed by atoms with van der Waals surface area (Å²) in [5, 5.41) is 1.46. The van der Waals surface area contributed by atoms with E-state index in [1.165, 1.54) is 24.9 Å². The van der Waals surface area contributed by atoms with E-state index in [1.807, 2.05) is 0 Å². The zero-order valence-electron chi connectivity index (χ0n) is 31.9. The fraction of sp³-hybridized carbons (Fsp3) is 0.333. The average molecular weight is 1030 g/mol. The Labute approximate surface area is 336 Å². The Bertz CT molecular complexity index is 1960. The van der Waals surface area contributed by atoms with Crippen molar-refractivity contribution >= 4 is 30.5 Å². The van der Waals surface area contributed by atoms with Crippen molar-refractivity contribution in [3.63, 3.8) is 0 Å². The fourth-order valence-electron chi connectivity index (χ4n) is 7.86. The third kappa shape index (κ3) is 9.27. The van der Waals surface area contributed by atoms with Gasteiger partial charge in [-0.2, -0.15) is 0 Å². The van der Waals surface area contributed by atoms with Crippen molar-refractivity contribution in [3.8, 4) is 11.7 Å². The van der Waals surface area contributed by atoms with Crippen LogP contribution in [0.15, 0.2) is 24.3 Å². The number of hydrogen-bond donors (Lipinski definition) is 0. The van der Waals surface area contributed by atoms with E-state index < -0.39 is 123 Å². The molecular weight excluding hydrogens is 992 g/mol. The second kappa shape index (κ2) is 17.5. The monoisotopic (exact) mass is 1030 g/mol. The summed E-state index contributed by atoms with van der Waals surface area (Å²) >= 11 is 0. The predicted molar refractivity (Wildman–Crippen MR) is 189 cm³/mol. The Kier molecular flexibility index (Phi) is 15.2. The minimum absolute atomic E-state index is 0. The molecule has 314 valence electrons. The Balaban J connectivity index is 0.000000688. The molecule has 0 bridgehead atoms. The van der Waals surface area contributed by atoms with Gasteiger partial charge in [-0.3, -0.25) is 5.82 Å². The third-order valence-electron chi connectivity index (χ3n) is 8.76. The van der Waals surface area contributed by atoms with E-state index in [4.69, 9.17) is 0 Å². The molecule has 0 amide bonds. The summed E-state index contributed by atoms with van der Waals surface area (Å²) in [6.07, 6.45) is -5.91. The number of halogens is 15. The molecule has 0 aliphatic rings. The minimum atomic E-state index is -5.91. The summed E-state index contributed by atoms with van der Waals surface area (Å²) in [7, 11) is -0.391. The topological polar surface area (TPSA) is 0 Å². The van der Waals surface area contributed by atoms with Crippen molar-refractivity contribution in [2.24, 2.45) is 0 Å². The van der Waals surface area contributed by atoms with Crippen LogP contribution in [-0.2, 0) is 22.4 Å². The second-order valence-electron chi connectivity index (χ2n) is 16.1. The summed E-state index contributed by atoms with van der Waals surface area (Å²) in [4.78, 5) is 0. The molecule has 0 saturated carbocycles. The van der Waals surface area contributed by atoms with Crippen molar-refractivity contribution in [3.05, 3.63) is 123 Å². The number of aryl methyl sites for hydroxylation is 1. The Morgan fingerprint density at radius 3 is 0.789 bits per heavy atom. The average Bonchev–Trinajstić information content (AvgIpc) is 3.07. The van der Waals surface area contributed by atoms with Crippen LogP contribution in [0.25, 0.3) is 0 Å². The van der Waals surface area contributed by atoms with Crippen LogP contribution in [0.5, 0.6) is 0 Å². The van der Waals surface area contributed by atoms with Crippen LogP contribution in [0, 0.1) is 106 Å². The van der Waals surface area contributed by atoms with Gasteiger partial charge in [0.15, 0.2) is 58.5 Å². The number of hydrogen-bond acceptors (Lipinski definition) is 0. The molecule has 18 heteroatoms. The van der Waals surface area contributed by atoms with Gasteiger partial charge in [0, 0.05) is 13.5 Å². The fourth-order valence-corrected chi connectivity index (χ4v) is 14.6. The van der Waals surface area contributed by atoms with Gasteiger partial charge in [-0.05, 0) is 81.4 Å². The number of benzene rings is 4. The maximum Gasteiger partial charge on any atom is 1.00 e. The van der Waals surface area contributed by atoms with E-state index in [1.54, 1.807) is 5.92 Å². The normalized spacial score (nSPS) is 12.2. The molecule has 4 aromatic rings. The Hall–Kier alpha value is -3.37. The van der Waals surface area contributed by atoms with E-state index in [-0.39, 0.29) is 22.4 Å². The molecule has 0 aromatic heterocycles. The standard InChI is InChI=1S/C27H7BF15.C12H27P.Au/c1-8-2-4-9(5-3-8)6-7-28(10-13(29)19(35)25(41)20(36)14(10)30,11-15(31)21(37)26(42)22(38)16(11)32)12-17(33)23(39)27(43)24(40)18(12)34;1-10(2,3)13(11(4,5)6)12(7,8)9;/h2-5H,1H3;1-9H3;/q-1;;+1/p+1. The maximum atomic E-state index is 15.3. The van der Waals surface area contributed by atoms with E-state index in [9.17, 15) is 39.5 Å². The summed E-state index contributed by atoms with van der Waals surface area (Å²) in [6, 6.07) is 4.46. The first kappa shape index (κ1) is 49.8. The third-order valence-corrected chi connectivity index (χ3v) is 13.3. The molecule has 0 nitrogen and oxygen atoms in total. The molecule has 57 heavy (non-hydrogen) atoms. The van der Waals surface area contributed by atoms with Gasteiger partial charge in [0.05, 0.1) is 15.5 Å². The smallest absolute Gasteiger partial charge is 0.291 e. The van der Waals surface area contributed by atoms with Crippen LogP contribution in [0.3, 0.4) is 0 Å². The second-order valence-corrected chi connectivity index (χ2v) is 21.3. The molecule has 0 aliphatic carbocycles. The molecule has 0 saturated heterocycles. The molecule has 0 fully saturated rings. The van der Waals surface area contributed by atoms with Crippen LogP contribution < -0.4 is 16.4 Å². The van der Waals surface area contributed by atoms with Gasteiger partial charge in [0.2, 0.25) is 0 Å². The zero-order chi connectivity index (χ0) is 43.4. The van der Waals surface area contributed by atoms with Gasteiger partial charge in [-0.15, -0.1) is 22.3 Å². The van der Waals surface area contributed by atoms with Crippen molar-refractivity contribution in [2.45, 2.75) is 84.7 Å². The summed E-state index contributed by atoms with van der Waals surface area (Å²) in [6.45, 7) is 23.1. The summed E-state index contributed by atoms with van der Waals surface area (Å²) in [5.74, 6) is -43.0. The van der Waals surface area contributed by atoms with Gasteiger partial charge in [-0.1, -0.05) is 17.7 Å². The minimum Gasteiger partial charge on any atom is -0.291 e. The quantitative estimate of drug-likeness (QED) is 0.0479. The molecule has 0 atom stereocenters. The van der Waals surface area contributed by atoms with E-state index in [0.29, 0.717) is 21.0 Å². The van der Waals surface area contributed by atoms with Gasteiger partial charge < -0.3 is 0 Å². The molecule has 0 radical (unpaired) electrons. The molecular formula is C39H35AuBF15P+. The van der Waals surface area contributed by atoms with Crippen LogP contribution >= 0.6 is 7.92 Å². The largest absolute Gasteiger partial charge is 1.00 e. The van der Waals surface area contributed by atoms with Crippen LogP contribution in [0.4, 0.5) is 65.9 Å². The Morgan fingerprint density at radius 1 is 0.386 bits per heavy atom. The summed E-state index contributed by atoms with van der Waals surface area (Å²) < 4.78 is 221.